The third-order valence-corrected chi connectivity index (χ3v) is 7.91. The Hall–Kier alpha value is -3.14. The summed E-state index contributed by atoms with van der Waals surface area (Å²) in [5, 5.41) is 52.3. The zero-order chi connectivity index (χ0) is 30.2. The van der Waals surface area contributed by atoms with Crippen molar-refractivity contribution in [2.75, 3.05) is 38.3 Å². The maximum atomic E-state index is 13.1. The summed E-state index contributed by atoms with van der Waals surface area (Å²) in [5.74, 6) is 1.02. The molecule has 0 spiro atoms. The molecule has 4 heterocycles. The van der Waals surface area contributed by atoms with E-state index in [0.717, 1.165) is 11.3 Å². The van der Waals surface area contributed by atoms with Gasteiger partial charge in [-0.2, -0.15) is 0 Å². The van der Waals surface area contributed by atoms with E-state index in [2.05, 4.69) is 10.3 Å². The molecule has 1 aromatic carbocycles. The SMILES string of the molecule is CNCC[C@]1(C)Oc2c(cc3c(=O)cc(C)oc3c2N2C=C3C=CN=C3C2)C[C@H]1OOC[C@H](O)[C@@H](O)[C@H](O)[C@H](O)CO. The van der Waals surface area contributed by atoms with Crippen molar-refractivity contribution in [1.29, 1.82) is 0 Å². The van der Waals surface area contributed by atoms with Gasteiger partial charge in [0.2, 0.25) is 0 Å². The topological polar surface area (TPSA) is 187 Å². The highest BCUT2D eigenvalue weighted by Crippen LogP contribution is 2.47. The first-order valence-corrected chi connectivity index (χ1v) is 13.8. The summed E-state index contributed by atoms with van der Waals surface area (Å²) in [6.45, 7) is 3.32. The first-order valence-electron chi connectivity index (χ1n) is 13.8. The molecule has 0 aliphatic carbocycles. The van der Waals surface area contributed by atoms with Crippen molar-refractivity contribution < 1.29 is 44.5 Å². The lowest BCUT2D eigenvalue weighted by atomic mass is 9.86. The van der Waals surface area contributed by atoms with Gasteiger partial charge in [-0.15, -0.1) is 0 Å². The van der Waals surface area contributed by atoms with Crippen LogP contribution >= 0.6 is 0 Å². The zero-order valence-corrected chi connectivity index (χ0v) is 23.7. The number of nitrogens with one attached hydrogen (secondary N) is 1. The average Bonchev–Trinajstić information content (AvgIpc) is 3.57. The molecule has 0 radical (unpaired) electrons. The number of allylic oxidation sites excluding steroid dienone is 1. The molecule has 0 amide bonds. The summed E-state index contributed by atoms with van der Waals surface area (Å²) in [5.41, 5.74) is 2.45. The second-order valence-corrected chi connectivity index (χ2v) is 11.1. The molecular weight excluding hydrogens is 550 g/mol. The Morgan fingerprint density at radius 3 is 2.69 bits per heavy atom. The van der Waals surface area contributed by atoms with Crippen LogP contribution in [0.25, 0.3) is 11.0 Å². The van der Waals surface area contributed by atoms with Crippen LogP contribution < -0.4 is 20.4 Å². The summed E-state index contributed by atoms with van der Waals surface area (Å²) in [6, 6.07) is 3.18. The van der Waals surface area contributed by atoms with Gasteiger partial charge in [0.25, 0.3) is 0 Å². The lowest BCUT2D eigenvalue weighted by Crippen LogP contribution is -2.52. The summed E-state index contributed by atoms with van der Waals surface area (Å²) < 4.78 is 12.9. The smallest absolute Gasteiger partial charge is 0.193 e. The molecule has 2 aromatic rings. The van der Waals surface area contributed by atoms with Crippen molar-refractivity contribution in [3.05, 3.63) is 57.7 Å². The van der Waals surface area contributed by atoms with E-state index in [4.69, 9.17) is 24.0 Å². The number of aryl methyl sites for hydroxylation is 1. The Bertz CT molecular complexity index is 1470. The molecule has 3 aliphatic heterocycles. The molecule has 0 saturated heterocycles. The Labute approximate surface area is 241 Å². The van der Waals surface area contributed by atoms with E-state index in [9.17, 15) is 25.2 Å². The first kappa shape index (κ1) is 30.3. The van der Waals surface area contributed by atoms with Crippen LogP contribution in [0.3, 0.4) is 0 Å². The number of aliphatic imine (C=N–C) groups is 1. The van der Waals surface area contributed by atoms with E-state index in [1.165, 1.54) is 6.07 Å². The molecule has 0 unspecified atom stereocenters. The van der Waals surface area contributed by atoms with E-state index in [-0.39, 0.29) is 11.8 Å². The summed E-state index contributed by atoms with van der Waals surface area (Å²) >= 11 is 0. The van der Waals surface area contributed by atoms with Gasteiger partial charge in [-0.25, -0.2) is 9.78 Å². The van der Waals surface area contributed by atoms with Gasteiger partial charge in [0.15, 0.2) is 16.8 Å². The van der Waals surface area contributed by atoms with Crippen molar-refractivity contribution in [3.8, 4) is 5.75 Å². The van der Waals surface area contributed by atoms with Crippen LogP contribution in [0.5, 0.6) is 5.75 Å². The van der Waals surface area contributed by atoms with Gasteiger partial charge in [0, 0.05) is 42.4 Å². The molecule has 6 N–H and O–H groups in total. The number of hydrogen-bond acceptors (Lipinski definition) is 13. The largest absolute Gasteiger partial charge is 0.482 e. The third-order valence-electron chi connectivity index (χ3n) is 7.91. The van der Waals surface area contributed by atoms with E-state index < -0.39 is 49.3 Å². The second kappa shape index (κ2) is 12.2. The molecule has 42 heavy (non-hydrogen) atoms. The fraction of sp³-hybridized carbons (Fsp3) is 0.517. The fourth-order valence-electron chi connectivity index (χ4n) is 5.39. The molecule has 6 atom stereocenters. The van der Waals surface area contributed by atoms with Crippen LogP contribution in [0.4, 0.5) is 5.69 Å². The van der Waals surface area contributed by atoms with E-state index in [0.29, 0.717) is 53.2 Å². The maximum Gasteiger partial charge on any atom is 0.193 e. The Morgan fingerprint density at radius 2 is 1.98 bits per heavy atom. The number of aliphatic hydroxyl groups is 5. The quantitative estimate of drug-likeness (QED) is 0.142. The molecule has 0 fully saturated rings. The van der Waals surface area contributed by atoms with Gasteiger partial charge >= 0.3 is 0 Å². The normalized spacial score (nSPS) is 24.1. The number of fused-ring (bicyclic) bond motifs is 3. The van der Waals surface area contributed by atoms with Crippen LogP contribution in [-0.4, -0.2) is 101 Å². The molecule has 3 aliphatic rings. The van der Waals surface area contributed by atoms with Crippen molar-refractivity contribution in [2.45, 2.75) is 62.8 Å². The minimum atomic E-state index is -1.79. The standard InChI is InChI=1S/C29H37N3O10/c1-15-8-20(34)18-9-17-10-23(42-39-14-22(36)26(38)25(37)21(35)13-33)29(2,5-7-30-3)41-27(17)24(28(18)40-15)32-11-16-4-6-31-19(16)12-32/h4,6,8-9,11,21-23,25-26,30,33,35-38H,5,7,10,12-14H2,1-3H3/t21-,22+,23-,25-,26-,29+/m1/s1. The second-order valence-electron chi connectivity index (χ2n) is 11.1. The molecule has 1 aromatic heterocycles. The lowest BCUT2D eigenvalue weighted by molar-refractivity contribution is -0.360. The molecule has 228 valence electrons. The average molecular weight is 588 g/mol. The van der Waals surface area contributed by atoms with Crippen LogP contribution in [0, 0.1) is 6.92 Å². The van der Waals surface area contributed by atoms with Crippen LogP contribution in [0.2, 0.25) is 0 Å². The van der Waals surface area contributed by atoms with Gasteiger partial charge in [-0.1, -0.05) is 0 Å². The monoisotopic (exact) mass is 587 g/mol. The van der Waals surface area contributed by atoms with Gasteiger partial charge in [-0.05, 0) is 39.6 Å². The number of benzene rings is 1. The zero-order valence-electron chi connectivity index (χ0n) is 23.7. The van der Waals surface area contributed by atoms with Crippen molar-refractivity contribution >= 4 is 22.4 Å². The first-order chi connectivity index (χ1) is 20.1. The van der Waals surface area contributed by atoms with Crippen LogP contribution in [0.1, 0.15) is 24.7 Å². The van der Waals surface area contributed by atoms with Gasteiger partial charge in [-0.3, -0.25) is 9.79 Å². The number of aliphatic hydroxyl groups excluding tert-OH is 5. The summed E-state index contributed by atoms with van der Waals surface area (Å²) in [7, 11) is 1.82. The molecule has 5 rings (SSSR count). The number of anilines is 1. The van der Waals surface area contributed by atoms with Crippen molar-refractivity contribution in [3.63, 3.8) is 0 Å². The van der Waals surface area contributed by atoms with Crippen LogP contribution in [-0.2, 0) is 16.2 Å². The predicted molar refractivity (Wildman–Crippen MR) is 152 cm³/mol. The highest BCUT2D eigenvalue weighted by Gasteiger charge is 2.45. The summed E-state index contributed by atoms with van der Waals surface area (Å²) in [4.78, 5) is 30.6. The van der Waals surface area contributed by atoms with E-state index in [1.54, 1.807) is 19.2 Å². The van der Waals surface area contributed by atoms with Gasteiger partial charge in [0.05, 0.1) is 24.2 Å². The molecule has 13 heteroatoms. The van der Waals surface area contributed by atoms with Crippen LogP contribution in [0.15, 0.2) is 50.4 Å². The van der Waals surface area contributed by atoms with Gasteiger partial charge < -0.3 is 44.9 Å². The predicted octanol–water partition coefficient (Wildman–Crippen LogP) is -0.171. The Balaban J connectivity index is 1.47. The van der Waals surface area contributed by atoms with E-state index >= 15 is 0 Å². The molecular formula is C29H37N3O10. The molecule has 0 saturated carbocycles. The lowest BCUT2D eigenvalue weighted by Gasteiger charge is -2.42. The maximum absolute atomic E-state index is 13.1. The van der Waals surface area contributed by atoms with Crippen molar-refractivity contribution in [2.24, 2.45) is 4.99 Å². The van der Waals surface area contributed by atoms with Crippen molar-refractivity contribution in [1.82, 2.24) is 5.32 Å². The number of rotatable bonds is 12. The Morgan fingerprint density at radius 1 is 1.21 bits per heavy atom. The Kier molecular flexibility index (Phi) is 8.83. The highest BCUT2D eigenvalue weighted by atomic mass is 17.2. The molecule has 13 nitrogen and oxygen atoms in total. The minimum Gasteiger partial charge on any atom is -0.482 e. The summed E-state index contributed by atoms with van der Waals surface area (Å²) in [6.07, 6.45) is -1.15. The third kappa shape index (κ3) is 5.74. The molecule has 0 bridgehead atoms. The fourth-order valence-corrected chi connectivity index (χ4v) is 5.39. The number of nitrogens with zero attached hydrogens (tertiary/aromatic N) is 2. The minimum absolute atomic E-state index is 0.194. The number of ether oxygens (including phenoxy) is 1. The van der Waals surface area contributed by atoms with Gasteiger partial charge in [0.1, 0.15) is 54.2 Å². The number of hydrogen-bond donors (Lipinski definition) is 6. The highest BCUT2D eigenvalue weighted by molar-refractivity contribution is 6.12. The van der Waals surface area contributed by atoms with E-state index in [1.807, 2.05) is 31.1 Å².